The van der Waals surface area contributed by atoms with Gasteiger partial charge in [0, 0.05) is 25.1 Å². The number of phosphoric acid groups is 1. The molecule has 0 unspecified atom stereocenters. The molecule has 1 aromatic heterocycles. The van der Waals surface area contributed by atoms with E-state index in [-0.39, 0.29) is 23.6 Å². The molecule has 1 saturated carbocycles. The number of aromatic nitrogens is 3. The topological polar surface area (TPSA) is 141 Å². The minimum absolute atomic E-state index is 0.182. The van der Waals surface area contributed by atoms with Crippen LogP contribution < -0.4 is 20.3 Å². The van der Waals surface area contributed by atoms with Gasteiger partial charge < -0.3 is 14.3 Å². The molecule has 1 aromatic carbocycles. The number of rotatable bonds is 7. The van der Waals surface area contributed by atoms with Crippen LogP contribution >= 0.6 is 7.82 Å². The monoisotopic (exact) mass is 523 g/mol. The molecule has 1 saturated heterocycles. The Balaban J connectivity index is 1.66. The van der Waals surface area contributed by atoms with Gasteiger partial charge in [-0.3, -0.25) is 9.79 Å². The summed E-state index contributed by atoms with van der Waals surface area (Å²) in [5.41, 5.74) is 0.205. The zero-order valence-electron chi connectivity index (χ0n) is 20.8. The highest BCUT2D eigenvalue weighted by molar-refractivity contribution is 7.46. The number of nitrogens with two attached hydrogens (primary N) is 1. The number of piperidine rings is 1. The standard InChI is InChI=1S/C23H35FN7O4P/c1-29-13-11-17(12-14-29)30(2)22-26-21(16-7-5-3-4-6-8-16)27-23(28-22)31(25)18-9-10-20(19(24)15-18)35-36(32,33)34/h9-10,15-17H,3-8,11-14,25H2,1-2H3,(H2,32,33,34). The molecule has 4 rings (SSSR count). The number of halogens is 1. The number of phosphoric ester groups is 1. The smallest absolute Gasteiger partial charge is 0.401 e. The molecule has 1 aliphatic heterocycles. The van der Waals surface area contributed by atoms with E-state index in [0.29, 0.717) is 11.8 Å². The van der Waals surface area contributed by atoms with Crippen molar-refractivity contribution in [2.45, 2.75) is 63.3 Å². The zero-order chi connectivity index (χ0) is 25.9. The largest absolute Gasteiger partial charge is 0.524 e. The summed E-state index contributed by atoms with van der Waals surface area (Å²) in [4.78, 5) is 36.6. The number of benzene rings is 1. The highest BCUT2D eigenvalue weighted by atomic mass is 31.2. The average Bonchev–Trinajstić information content (AvgIpc) is 3.13. The molecule has 2 heterocycles. The lowest BCUT2D eigenvalue weighted by molar-refractivity contribution is 0.252. The van der Waals surface area contributed by atoms with E-state index in [9.17, 15) is 8.96 Å². The third-order valence-corrected chi connectivity index (χ3v) is 7.46. The quantitative estimate of drug-likeness (QED) is 0.213. The second kappa shape index (κ2) is 11.4. The first-order valence-electron chi connectivity index (χ1n) is 12.4. The number of likely N-dealkylation sites (tertiary alicyclic amines) is 1. The zero-order valence-corrected chi connectivity index (χ0v) is 21.6. The summed E-state index contributed by atoms with van der Waals surface area (Å²) >= 11 is 0. The molecule has 0 atom stereocenters. The van der Waals surface area contributed by atoms with Crippen molar-refractivity contribution in [3.63, 3.8) is 0 Å². The molecule has 0 spiro atoms. The number of hydrazine groups is 1. The van der Waals surface area contributed by atoms with E-state index >= 15 is 0 Å². The van der Waals surface area contributed by atoms with Crippen LogP contribution in [0.25, 0.3) is 0 Å². The molecule has 2 aromatic rings. The number of hydrogen-bond donors (Lipinski definition) is 3. The molecule has 4 N–H and O–H groups in total. The predicted octanol–water partition coefficient (Wildman–Crippen LogP) is 3.46. The molecule has 0 radical (unpaired) electrons. The Morgan fingerprint density at radius 2 is 1.69 bits per heavy atom. The first-order chi connectivity index (χ1) is 17.1. The Morgan fingerprint density at radius 3 is 2.31 bits per heavy atom. The molecule has 2 fully saturated rings. The van der Waals surface area contributed by atoms with Gasteiger partial charge in [0.05, 0.1) is 5.69 Å². The maximum Gasteiger partial charge on any atom is 0.524 e. The van der Waals surface area contributed by atoms with Gasteiger partial charge in [0.25, 0.3) is 0 Å². The van der Waals surface area contributed by atoms with Crippen molar-refractivity contribution in [2.75, 3.05) is 37.1 Å². The van der Waals surface area contributed by atoms with Crippen LogP contribution in [0.5, 0.6) is 5.75 Å². The van der Waals surface area contributed by atoms with Gasteiger partial charge >= 0.3 is 7.82 Å². The SMILES string of the molecule is CN1CCC(N(C)c2nc(C3CCCCCC3)nc(N(N)c3ccc(OP(=O)(O)O)c(F)c3)n2)CC1. The van der Waals surface area contributed by atoms with Gasteiger partial charge in [-0.15, -0.1) is 0 Å². The fraction of sp³-hybridized carbons (Fsp3) is 0.609. The minimum Gasteiger partial charge on any atom is -0.401 e. The normalized spacial score (nSPS) is 18.6. The van der Waals surface area contributed by atoms with E-state index in [1.165, 1.54) is 18.9 Å². The van der Waals surface area contributed by atoms with Crippen molar-refractivity contribution >= 4 is 25.4 Å². The Kier molecular flexibility index (Phi) is 8.41. The van der Waals surface area contributed by atoms with Crippen LogP contribution in [0.1, 0.15) is 63.1 Å². The van der Waals surface area contributed by atoms with Crippen LogP contribution in [0.2, 0.25) is 0 Å². The summed E-state index contributed by atoms with van der Waals surface area (Å²) in [5, 5.41) is 1.16. The van der Waals surface area contributed by atoms with Crippen LogP contribution in [0, 0.1) is 5.82 Å². The maximum absolute atomic E-state index is 14.5. The Labute approximate surface area is 210 Å². The van der Waals surface area contributed by atoms with E-state index in [4.69, 9.17) is 25.6 Å². The summed E-state index contributed by atoms with van der Waals surface area (Å²) in [6.45, 7) is 1.99. The lowest BCUT2D eigenvalue weighted by atomic mass is 9.99. The molecule has 13 heteroatoms. The fourth-order valence-electron chi connectivity index (χ4n) is 4.86. The third-order valence-electron chi connectivity index (χ3n) is 7.03. The minimum atomic E-state index is -4.90. The van der Waals surface area contributed by atoms with Gasteiger partial charge in [-0.25, -0.2) is 19.8 Å². The molecular formula is C23H35FN7O4P. The summed E-state index contributed by atoms with van der Waals surface area (Å²) in [6, 6.07) is 3.82. The predicted molar refractivity (Wildman–Crippen MR) is 135 cm³/mol. The van der Waals surface area contributed by atoms with Crippen LogP contribution in [-0.2, 0) is 4.57 Å². The lowest BCUT2D eigenvalue weighted by Gasteiger charge is -2.35. The van der Waals surface area contributed by atoms with Gasteiger partial charge in [-0.1, -0.05) is 25.7 Å². The van der Waals surface area contributed by atoms with E-state index in [0.717, 1.165) is 68.8 Å². The fourth-order valence-corrected chi connectivity index (χ4v) is 5.26. The number of anilines is 3. The molecule has 36 heavy (non-hydrogen) atoms. The van der Waals surface area contributed by atoms with E-state index < -0.39 is 19.4 Å². The first-order valence-corrected chi connectivity index (χ1v) is 13.9. The summed E-state index contributed by atoms with van der Waals surface area (Å²) in [7, 11) is -0.798. The Morgan fingerprint density at radius 1 is 1.06 bits per heavy atom. The van der Waals surface area contributed by atoms with Gasteiger partial charge in [0.2, 0.25) is 11.9 Å². The Hall–Kier alpha value is -2.37. The highest BCUT2D eigenvalue weighted by Gasteiger charge is 2.27. The molecular weight excluding hydrogens is 488 g/mol. The van der Waals surface area contributed by atoms with Crippen molar-refractivity contribution in [2.24, 2.45) is 5.84 Å². The van der Waals surface area contributed by atoms with Crippen LogP contribution in [0.15, 0.2) is 18.2 Å². The second-order valence-corrected chi connectivity index (χ2v) is 10.9. The molecule has 2 aliphatic rings. The van der Waals surface area contributed by atoms with Crippen molar-refractivity contribution in [3.05, 3.63) is 29.8 Å². The highest BCUT2D eigenvalue weighted by Crippen LogP contribution is 2.40. The van der Waals surface area contributed by atoms with Crippen molar-refractivity contribution in [3.8, 4) is 5.75 Å². The van der Waals surface area contributed by atoms with E-state index in [1.54, 1.807) is 0 Å². The lowest BCUT2D eigenvalue weighted by Crippen LogP contribution is -2.43. The molecule has 0 amide bonds. The second-order valence-electron chi connectivity index (χ2n) is 9.69. The van der Waals surface area contributed by atoms with Gasteiger partial charge in [0.1, 0.15) is 5.82 Å². The van der Waals surface area contributed by atoms with Crippen LogP contribution in [-0.4, -0.2) is 62.9 Å². The molecule has 198 valence electrons. The van der Waals surface area contributed by atoms with E-state index in [1.807, 2.05) is 7.05 Å². The van der Waals surface area contributed by atoms with Crippen molar-refractivity contribution in [1.29, 1.82) is 0 Å². The molecule has 1 aliphatic carbocycles. The first kappa shape index (κ1) is 26.7. The van der Waals surface area contributed by atoms with Crippen molar-refractivity contribution < 1.29 is 23.3 Å². The number of nitrogens with zero attached hydrogens (tertiary/aromatic N) is 6. The van der Waals surface area contributed by atoms with Crippen LogP contribution in [0.3, 0.4) is 0 Å². The maximum atomic E-state index is 14.5. The summed E-state index contributed by atoms with van der Waals surface area (Å²) in [5.74, 6) is 6.42. The van der Waals surface area contributed by atoms with Gasteiger partial charge in [0.15, 0.2) is 11.6 Å². The molecule has 11 nitrogen and oxygen atoms in total. The van der Waals surface area contributed by atoms with Crippen molar-refractivity contribution in [1.82, 2.24) is 19.9 Å². The van der Waals surface area contributed by atoms with E-state index in [2.05, 4.69) is 26.4 Å². The summed E-state index contributed by atoms with van der Waals surface area (Å²) in [6.07, 6.45) is 8.60. The third kappa shape index (κ3) is 6.68. The Bertz CT molecular complexity index is 1090. The van der Waals surface area contributed by atoms with Gasteiger partial charge in [-0.05, 0) is 58.0 Å². The van der Waals surface area contributed by atoms with Crippen LogP contribution in [0.4, 0.5) is 22.0 Å². The van der Waals surface area contributed by atoms with Gasteiger partial charge in [-0.2, -0.15) is 15.0 Å². The summed E-state index contributed by atoms with van der Waals surface area (Å²) < 4.78 is 30.0. The number of hydrogen-bond acceptors (Lipinski definition) is 9. The average molecular weight is 524 g/mol. The molecule has 0 bridgehead atoms.